The summed E-state index contributed by atoms with van der Waals surface area (Å²) in [5.41, 5.74) is 5.08. The molecule has 1 aromatic carbocycles. The Hall–Kier alpha value is -1.35. The fourth-order valence-corrected chi connectivity index (χ4v) is 2.64. The van der Waals surface area contributed by atoms with Crippen LogP contribution in [0.4, 0.5) is 0 Å². The van der Waals surface area contributed by atoms with Crippen LogP contribution in [0.15, 0.2) is 12.1 Å². The molecule has 1 aromatic rings. The van der Waals surface area contributed by atoms with Crippen molar-refractivity contribution in [2.45, 2.75) is 60.0 Å². The van der Waals surface area contributed by atoms with Gasteiger partial charge < -0.3 is 4.74 Å². The van der Waals surface area contributed by atoms with E-state index in [0.29, 0.717) is 0 Å². The van der Waals surface area contributed by atoms with Crippen molar-refractivity contribution in [1.82, 2.24) is 5.32 Å². The summed E-state index contributed by atoms with van der Waals surface area (Å²) >= 11 is 0. The van der Waals surface area contributed by atoms with Gasteiger partial charge in [-0.3, -0.25) is 10.1 Å². The van der Waals surface area contributed by atoms with Gasteiger partial charge >= 0.3 is 5.97 Å². The summed E-state index contributed by atoms with van der Waals surface area (Å²) in [4.78, 5) is 12.0. The Morgan fingerprint density at radius 1 is 1.14 bits per heavy atom. The minimum absolute atomic E-state index is 0.113. The van der Waals surface area contributed by atoms with Crippen LogP contribution in [0.25, 0.3) is 0 Å². The average Bonchev–Trinajstić information content (AvgIpc) is 2.46. The first-order valence-electron chi connectivity index (χ1n) is 7.73. The number of ether oxygens (including phenoxy) is 1. The summed E-state index contributed by atoms with van der Waals surface area (Å²) in [7, 11) is 1.45. The molecule has 0 aliphatic heterocycles. The van der Waals surface area contributed by atoms with Crippen molar-refractivity contribution in [1.29, 1.82) is 0 Å². The molecule has 0 spiro atoms. The molecule has 0 bridgehead atoms. The summed E-state index contributed by atoms with van der Waals surface area (Å²) in [6.45, 7) is 12.6. The molecule has 1 rings (SSSR count). The third-order valence-electron chi connectivity index (χ3n) is 4.45. The predicted molar refractivity (Wildman–Crippen MR) is 87.5 cm³/mol. The van der Waals surface area contributed by atoms with E-state index in [-0.39, 0.29) is 24.0 Å². The number of nitrogens with one attached hydrogen (secondary N) is 1. The molecule has 1 N–H and O–H groups in total. The summed E-state index contributed by atoms with van der Waals surface area (Å²) in [5.74, 6) is 0.0597. The Kier molecular flexibility index (Phi) is 6.41. The van der Waals surface area contributed by atoms with Crippen LogP contribution in [0.1, 0.15) is 55.5 Å². The zero-order valence-electron chi connectivity index (χ0n) is 14.4. The van der Waals surface area contributed by atoms with E-state index >= 15 is 0 Å². The van der Waals surface area contributed by atoms with E-state index in [2.05, 4.69) is 59.0 Å². The van der Waals surface area contributed by atoms with E-state index < -0.39 is 0 Å². The number of hydrogen-bond donors (Lipinski definition) is 1. The summed E-state index contributed by atoms with van der Waals surface area (Å²) in [5, 5.41) is 3.45. The van der Waals surface area contributed by atoms with Gasteiger partial charge in [-0.1, -0.05) is 32.4 Å². The Morgan fingerprint density at radius 2 is 1.71 bits per heavy atom. The molecule has 0 heterocycles. The molecule has 21 heavy (non-hydrogen) atoms. The van der Waals surface area contributed by atoms with Crippen LogP contribution < -0.4 is 5.32 Å². The van der Waals surface area contributed by atoms with Gasteiger partial charge in [-0.15, -0.1) is 0 Å². The maximum Gasteiger partial charge on any atom is 0.323 e. The van der Waals surface area contributed by atoms with Crippen LogP contribution in [0.5, 0.6) is 0 Å². The van der Waals surface area contributed by atoms with E-state index in [4.69, 9.17) is 4.74 Å². The number of benzene rings is 1. The van der Waals surface area contributed by atoms with Crippen LogP contribution in [0, 0.1) is 26.7 Å². The molecular formula is C18H29NO2. The van der Waals surface area contributed by atoms with Crippen molar-refractivity contribution < 1.29 is 9.53 Å². The zero-order chi connectivity index (χ0) is 16.2. The Bertz CT molecular complexity index is 496. The van der Waals surface area contributed by atoms with Crippen molar-refractivity contribution in [2.24, 2.45) is 5.92 Å². The molecule has 0 aliphatic rings. The van der Waals surface area contributed by atoms with E-state index in [9.17, 15) is 4.79 Å². The predicted octanol–water partition coefficient (Wildman–Crippen LogP) is 3.85. The summed E-state index contributed by atoms with van der Waals surface area (Å²) < 4.78 is 4.94. The van der Waals surface area contributed by atoms with E-state index in [1.54, 1.807) is 0 Å². The van der Waals surface area contributed by atoms with Gasteiger partial charge in [0.2, 0.25) is 0 Å². The third kappa shape index (κ3) is 4.31. The molecule has 0 amide bonds. The molecule has 0 aromatic heterocycles. The number of carbonyl (C=O) groups is 1. The Labute approximate surface area is 129 Å². The van der Waals surface area contributed by atoms with Gasteiger partial charge in [-0.05, 0) is 55.9 Å². The molecule has 3 heteroatoms. The van der Waals surface area contributed by atoms with E-state index in [0.717, 1.165) is 6.42 Å². The lowest BCUT2D eigenvalue weighted by Crippen LogP contribution is -2.43. The monoisotopic (exact) mass is 291 g/mol. The lowest BCUT2D eigenvalue weighted by atomic mass is 9.93. The maximum atomic E-state index is 12.0. The highest BCUT2D eigenvalue weighted by molar-refractivity contribution is 5.76. The minimum Gasteiger partial charge on any atom is -0.468 e. The fourth-order valence-electron chi connectivity index (χ4n) is 2.64. The largest absolute Gasteiger partial charge is 0.468 e. The van der Waals surface area contributed by atoms with E-state index in [1.807, 2.05) is 0 Å². The van der Waals surface area contributed by atoms with Crippen molar-refractivity contribution in [3.8, 4) is 0 Å². The van der Waals surface area contributed by atoms with Crippen molar-refractivity contribution in [3.05, 3.63) is 34.4 Å². The molecule has 118 valence electrons. The van der Waals surface area contributed by atoms with Crippen molar-refractivity contribution in [2.75, 3.05) is 7.11 Å². The standard InChI is InChI=1S/C18H29NO2/c1-8-11(2)17(18(20)21-7)19-15(6)16-10-13(4)12(3)9-14(16)5/h9-11,15,17,19H,8H2,1-7H3. The molecule has 3 atom stereocenters. The number of aryl methyl sites for hydroxylation is 3. The molecule has 0 saturated heterocycles. The summed E-state index contributed by atoms with van der Waals surface area (Å²) in [6.07, 6.45) is 0.936. The molecule has 3 nitrogen and oxygen atoms in total. The van der Waals surface area contributed by atoms with Gasteiger partial charge in [-0.25, -0.2) is 0 Å². The quantitative estimate of drug-likeness (QED) is 0.809. The zero-order valence-corrected chi connectivity index (χ0v) is 14.4. The van der Waals surface area contributed by atoms with Gasteiger partial charge in [0, 0.05) is 6.04 Å². The van der Waals surface area contributed by atoms with Crippen LogP contribution in [-0.2, 0) is 9.53 Å². The highest BCUT2D eigenvalue weighted by Gasteiger charge is 2.27. The highest BCUT2D eigenvalue weighted by atomic mass is 16.5. The first-order chi connectivity index (χ1) is 9.81. The number of methoxy groups -OCH3 is 1. The first-order valence-corrected chi connectivity index (χ1v) is 7.73. The molecule has 3 unspecified atom stereocenters. The van der Waals surface area contributed by atoms with Gasteiger partial charge in [0.25, 0.3) is 0 Å². The Morgan fingerprint density at radius 3 is 2.24 bits per heavy atom. The third-order valence-corrected chi connectivity index (χ3v) is 4.45. The number of carbonyl (C=O) groups excluding carboxylic acids is 1. The fraction of sp³-hybridized carbons (Fsp3) is 0.611. The van der Waals surface area contributed by atoms with Gasteiger partial charge in [0.05, 0.1) is 7.11 Å². The summed E-state index contributed by atoms with van der Waals surface area (Å²) in [6, 6.07) is 4.27. The molecule has 0 aliphatic carbocycles. The molecule has 0 fully saturated rings. The highest BCUT2D eigenvalue weighted by Crippen LogP contribution is 2.23. The van der Waals surface area contributed by atoms with Crippen molar-refractivity contribution >= 4 is 5.97 Å². The minimum atomic E-state index is -0.268. The average molecular weight is 291 g/mol. The van der Waals surface area contributed by atoms with Crippen LogP contribution in [0.2, 0.25) is 0 Å². The second kappa shape index (κ2) is 7.60. The SMILES string of the molecule is CCC(C)C(NC(C)c1cc(C)c(C)cc1C)C(=O)OC. The van der Waals surface area contributed by atoms with Gasteiger partial charge in [0.15, 0.2) is 0 Å². The lowest BCUT2D eigenvalue weighted by Gasteiger charge is -2.27. The Balaban J connectivity index is 2.99. The molecular weight excluding hydrogens is 262 g/mol. The number of hydrogen-bond acceptors (Lipinski definition) is 3. The van der Waals surface area contributed by atoms with Gasteiger partial charge in [-0.2, -0.15) is 0 Å². The maximum absolute atomic E-state index is 12.0. The second-order valence-electron chi connectivity index (χ2n) is 6.07. The van der Waals surface area contributed by atoms with E-state index in [1.165, 1.54) is 29.4 Å². The lowest BCUT2D eigenvalue weighted by molar-refractivity contribution is -0.144. The second-order valence-corrected chi connectivity index (χ2v) is 6.07. The number of esters is 1. The van der Waals surface area contributed by atoms with Crippen LogP contribution in [0.3, 0.4) is 0 Å². The number of rotatable bonds is 6. The smallest absolute Gasteiger partial charge is 0.323 e. The molecule has 0 saturated carbocycles. The normalized spacial score (nSPS) is 15.4. The van der Waals surface area contributed by atoms with Gasteiger partial charge in [0.1, 0.15) is 6.04 Å². The van der Waals surface area contributed by atoms with Crippen LogP contribution in [-0.4, -0.2) is 19.1 Å². The first kappa shape index (κ1) is 17.7. The molecule has 0 radical (unpaired) electrons. The van der Waals surface area contributed by atoms with Crippen molar-refractivity contribution in [3.63, 3.8) is 0 Å². The van der Waals surface area contributed by atoms with Crippen LogP contribution >= 0.6 is 0 Å². The topological polar surface area (TPSA) is 38.3 Å².